The smallest absolute Gasteiger partial charge is 0.374 e. The summed E-state index contributed by atoms with van der Waals surface area (Å²) in [5.74, 6) is -0.602. The van der Waals surface area contributed by atoms with Crippen LogP contribution in [-0.2, 0) is 4.74 Å². The topological polar surface area (TPSA) is 92.0 Å². The number of ether oxygens (including phenoxy) is 3. The highest BCUT2D eigenvalue weighted by atomic mass is 35.5. The fourth-order valence-corrected chi connectivity index (χ4v) is 3.02. The van der Waals surface area contributed by atoms with E-state index >= 15 is 0 Å². The zero-order chi connectivity index (χ0) is 20.4. The van der Waals surface area contributed by atoms with E-state index in [1.807, 2.05) is 0 Å². The highest BCUT2D eigenvalue weighted by Gasteiger charge is 2.18. The number of carbonyl (C=O) groups is 2. The van der Waals surface area contributed by atoms with Gasteiger partial charge in [0.25, 0.3) is 0 Å². The van der Waals surface area contributed by atoms with Crippen molar-refractivity contribution < 1.29 is 28.2 Å². The molecule has 8 heteroatoms. The Morgan fingerprint density at radius 3 is 2.62 bits per heavy atom. The van der Waals surface area contributed by atoms with Crippen LogP contribution in [0.3, 0.4) is 0 Å². The fraction of sp³-hybridized carbons (Fsp3) is 0.190. The molecule has 1 aliphatic heterocycles. The van der Waals surface area contributed by atoms with Gasteiger partial charge in [0.1, 0.15) is 5.58 Å². The van der Waals surface area contributed by atoms with E-state index in [2.05, 4.69) is 0 Å². The standard InChI is InChI=1S/C21H15ClO7/c22-13-3-5-17-14(9-13)15(23)10-20(29-17)21(25)28-11-16(24)12-2-4-18-19(8-12)27-7-1-6-26-18/h2-5,8-10H,1,6-7,11H2. The summed E-state index contributed by atoms with van der Waals surface area (Å²) in [7, 11) is 0. The molecule has 0 bridgehead atoms. The van der Waals surface area contributed by atoms with E-state index in [-0.39, 0.29) is 16.7 Å². The lowest BCUT2D eigenvalue weighted by Crippen LogP contribution is -2.16. The third kappa shape index (κ3) is 4.09. The number of ketones is 1. The lowest BCUT2D eigenvalue weighted by atomic mass is 10.1. The molecule has 1 aliphatic rings. The van der Waals surface area contributed by atoms with Crippen LogP contribution < -0.4 is 14.9 Å². The first-order chi connectivity index (χ1) is 14.0. The SMILES string of the molecule is O=C(COC(=O)c1cc(=O)c2cc(Cl)ccc2o1)c1ccc2c(c1)OCCCO2. The van der Waals surface area contributed by atoms with Crippen molar-refractivity contribution in [3.05, 3.63) is 69.0 Å². The molecule has 0 amide bonds. The van der Waals surface area contributed by atoms with Crippen molar-refractivity contribution in [2.45, 2.75) is 6.42 Å². The van der Waals surface area contributed by atoms with Gasteiger partial charge in [-0.3, -0.25) is 9.59 Å². The molecule has 1 aromatic heterocycles. The molecule has 0 radical (unpaired) electrons. The first-order valence-electron chi connectivity index (χ1n) is 8.84. The molecule has 0 saturated heterocycles. The summed E-state index contributed by atoms with van der Waals surface area (Å²) in [6.07, 6.45) is 0.749. The lowest BCUT2D eigenvalue weighted by molar-refractivity contribution is 0.0444. The molecular formula is C21H15ClO7. The summed E-state index contributed by atoms with van der Waals surface area (Å²) in [5, 5.41) is 0.623. The van der Waals surface area contributed by atoms with Crippen LogP contribution in [-0.4, -0.2) is 31.6 Å². The van der Waals surface area contributed by atoms with Crippen molar-refractivity contribution in [3.63, 3.8) is 0 Å². The molecule has 3 aromatic rings. The van der Waals surface area contributed by atoms with Crippen LogP contribution in [0, 0.1) is 0 Å². The van der Waals surface area contributed by atoms with Crippen LogP contribution in [0.15, 0.2) is 51.7 Å². The third-order valence-corrected chi connectivity index (χ3v) is 4.53. The molecule has 7 nitrogen and oxygen atoms in total. The van der Waals surface area contributed by atoms with Crippen LogP contribution in [0.2, 0.25) is 5.02 Å². The number of Topliss-reactive ketones (excluding diaryl/α,β-unsaturated/α-hetero) is 1. The second-order valence-electron chi connectivity index (χ2n) is 6.33. The van der Waals surface area contributed by atoms with Gasteiger partial charge >= 0.3 is 5.97 Å². The second-order valence-corrected chi connectivity index (χ2v) is 6.76. The van der Waals surface area contributed by atoms with E-state index in [0.29, 0.717) is 35.3 Å². The Morgan fingerprint density at radius 1 is 1.00 bits per heavy atom. The zero-order valence-electron chi connectivity index (χ0n) is 15.1. The number of benzene rings is 2. The van der Waals surface area contributed by atoms with Gasteiger partial charge in [-0.1, -0.05) is 11.6 Å². The second kappa shape index (κ2) is 7.97. The van der Waals surface area contributed by atoms with Crippen LogP contribution in [0.5, 0.6) is 11.5 Å². The fourth-order valence-electron chi connectivity index (χ4n) is 2.85. The van der Waals surface area contributed by atoms with Gasteiger partial charge in [0.2, 0.25) is 5.76 Å². The van der Waals surface area contributed by atoms with Crippen molar-refractivity contribution >= 4 is 34.3 Å². The minimum absolute atomic E-state index is 0.197. The maximum absolute atomic E-state index is 12.4. The molecule has 2 aromatic carbocycles. The predicted molar refractivity (Wildman–Crippen MR) is 104 cm³/mol. The number of halogens is 1. The van der Waals surface area contributed by atoms with Gasteiger partial charge in [-0.15, -0.1) is 0 Å². The van der Waals surface area contributed by atoms with Crippen molar-refractivity contribution in [1.29, 1.82) is 0 Å². The Balaban J connectivity index is 1.47. The van der Waals surface area contributed by atoms with E-state index in [0.717, 1.165) is 12.5 Å². The Morgan fingerprint density at radius 2 is 1.79 bits per heavy atom. The van der Waals surface area contributed by atoms with Crippen molar-refractivity contribution in [3.8, 4) is 11.5 Å². The Hall–Kier alpha value is -3.32. The summed E-state index contributed by atoms with van der Waals surface area (Å²) in [6, 6.07) is 10.3. The van der Waals surface area contributed by atoms with Gasteiger partial charge in [-0.25, -0.2) is 4.79 Å². The van der Waals surface area contributed by atoms with Gasteiger partial charge < -0.3 is 18.6 Å². The lowest BCUT2D eigenvalue weighted by Gasteiger charge is -2.09. The summed E-state index contributed by atoms with van der Waals surface area (Å²) < 4.78 is 21.5. The van der Waals surface area contributed by atoms with Crippen LogP contribution in [0.1, 0.15) is 27.3 Å². The molecule has 148 valence electrons. The first kappa shape index (κ1) is 19.0. The van der Waals surface area contributed by atoms with E-state index in [4.69, 9.17) is 30.2 Å². The average Bonchev–Trinajstić information content (AvgIpc) is 2.97. The number of rotatable bonds is 4. The maximum atomic E-state index is 12.4. The molecule has 2 heterocycles. The van der Waals surface area contributed by atoms with E-state index in [9.17, 15) is 14.4 Å². The van der Waals surface area contributed by atoms with Gasteiger partial charge in [-0.2, -0.15) is 0 Å². The molecule has 0 N–H and O–H groups in total. The number of hydrogen-bond donors (Lipinski definition) is 0. The molecule has 0 aliphatic carbocycles. The van der Waals surface area contributed by atoms with Gasteiger partial charge in [0.15, 0.2) is 29.3 Å². The van der Waals surface area contributed by atoms with Gasteiger partial charge in [0.05, 0.1) is 18.6 Å². The highest BCUT2D eigenvalue weighted by molar-refractivity contribution is 6.31. The molecular weight excluding hydrogens is 400 g/mol. The van der Waals surface area contributed by atoms with E-state index < -0.39 is 23.8 Å². The third-order valence-electron chi connectivity index (χ3n) is 4.29. The highest BCUT2D eigenvalue weighted by Crippen LogP contribution is 2.30. The molecule has 29 heavy (non-hydrogen) atoms. The van der Waals surface area contributed by atoms with Crippen LogP contribution in [0.4, 0.5) is 0 Å². The van der Waals surface area contributed by atoms with Crippen molar-refractivity contribution in [2.75, 3.05) is 19.8 Å². The minimum Gasteiger partial charge on any atom is -0.490 e. The number of esters is 1. The summed E-state index contributed by atoms with van der Waals surface area (Å²) >= 11 is 5.86. The Bertz CT molecular complexity index is 1170. The first-order valence-corrected chi connectivity index (χ1v) is 9.22. The minimum atomic E-state index is -0.915. The number of hydrogen-bond acceptors (Lipinski definition) is 7. The van der Waals surface area contributed by atoms with Crippen LogP contribution >= 0.6 is 11.6 Å². The molecule has 0 saturated carbocycles. The predicted octanol–water partition coefficient (Wildman–Crippen LogP) is 3.65. The Kier molecular flexibility index (Phi) is 5.22. The average molecular weight is 415 g/mol. The number of carbonyl (C=O) groups excluding carboxylic acids is 2. The zero-order valence-corrected chi connectivity index (χ0v) is 15.9. The Labute approximate surface area is 169 Å². The van der Waals surface area contributed by atoms with Gasteiger partial charge in [0, 0.05) is 23.1 Å². The molecule has 0 unspecified atom stereocenters. The largest absolute Gasteiger partial charge is 0.490 e. The van der Waals surface area contributed by atoms with E-state index in [1.54, 1.807) is 18.2 Å². The van der Waals surface area contributed by atoms with Gasteiger partial charge in [-0.05, 0) is 36.4 Å². The summed E-state index contributed by atoms with van der Waals surface area (Å²) in [4.78, 5) is 36.8. The quantitative estimate of drug-likeness (QED) is 0.475. The maximum Gasteiger partial charge on any atom is 0.374 e. The molecule has 0 fully saturated rings. The summed E-state index contributed by atoms with van der Waals surface area (Å²) in [6.45, 7) is 0.522. The molecule has 0 spiro atoms. The summed E-state index contributed by atoms with van der Waals surface area (Å²) in [5.41, 5.74) is 0.0784. The molecule has 4 rings (SSSR count). The number of fused-ring (bicyclic) bond motifs is 2. The van der Waals surface area contributed by atoms with Crippen molar-refractivity contribution in [2.24, 2.45) is 0 Å². The van der Waals surface area contributed by atoms with Crippen LogP contribution in [0.25, 0.3) is 11.0 Å². The van der Waals surface area contributed by atoms with Crippen molar-refractivity contribution in [1.82, 2.24) is 0 Å². The van der Waals surface area contributed by atoms with E-state index in [1.165, 1.54) is 18.2 Å². The molecule has 0 atom stereocenters. The monoisotopic (exact) mass is 414 g/mol. The normalized spacial score (nSPS) is 13.0.